The van der Waals surface area contributed by atoms with Gasteiger partial charge in [0.1, 0.15) is 0 Å². The molecule has 7 heteroatoms. The van der Waals surface area contributed by atoms with E-state index in [1.54, 1.807) is 11.3 Å². The van der Waals surface area contributed by atoms with Crippen molar-refractivity contribution >= 4 is 65.2 Å². The van der Waals surface area contributed by atoms with E-state index < -0.39 is 0 Å². The lowest BCUT2D eigenvalue weighted by molar-refractivity contribution is 1.08. The Balaban J connectivity index is 1.16. The van der Waals surface area contributed by atoms with Crippen LogP contribution in [-0.4, -0.2) is 29.1 Å². The fraction of sp³-hybridized carbons (Fsp3) is 0. The minimum Gasteiger partial charge on any atom is -0.309 e. The molecule has 0 saturated carbocycles. The maximum Gasteiger partial charge on any atom is 0.195 e. The van der Waals surface area contributed by atoms with Crippen molar-refractivity contribution in [3.63, 3.8) is 0 Å². The second-order valence-corrected chi connectivity index (χ2v) is 14.1. The van der Waals surface area contributed by atoms with Crippen LogP contribution >= 0.6 is 11.3 Å². The van der Waals surface area contributed by atoms with Crippen LogP contribution in [0.25, 0.3) is 98.8 Å². The first-order valence-corrected chi connectivity index (χ1v) is 18.4. The topological polar surface area (TPSA) is 61.4 Å². The molecule has 0 atom stereocenters. The monoisotopic (exact) mass is 696 g/mol. The Labute approximate surface area is 307 Å². The SMILES string of the molecule is c1ccc(-c2nc(-c3ccc4c(c3)c3ccccc3n4-c3ccccc3)nc(-c3cccc4c3c3ccccc3n4-c3nc4ccccc4s3)n2)cc1. The third-order valence-electron chi connectivity index (χ3n) is 10.0. The summed E-state index contributed by atoms with van der Waals surface area (Å²) in [6.07, 6.45) is 0. The molecule has 0 aliphatic heterocycles. The average Bonchev–Trinajstić information content (AvgIpc) is 3.91. The number of nitrogens with zero attached hydrogens (tertiary/aromatic N) is 6. The molecule has 0 aliphatic carbocycles. The summed E-state index contributed by atoms with van der Waals surface area (Å²) in [5, 5.41) is 5.46. The minimum absolute atomic E-state index is 0.624. The molecule has 0 aliphatic rings. The van der Waals surface area contributed by atoms with Crippen LogP contribution in [0.4, 0.5) is 0 Å². The highest BCUT2D eigenvalue weighted by Crippen LogP contribution is 2.40. The second kappa shape index (κ2) is 11.8. The van der Waals surface area contributed by atoms with E-state index in [1.165, 1.54) is 5.39 Å². The molecule has 7 aromatic carbocycles. The molecule has 0 spiro atoms. The van der Waals surface area contributed by atoms with Crippen LogP contribution in [0.1, 0.15) is 0 Å². The van der Waals surface area contributed by atoms with Crippen molar-refractivity contribution in [1.29, 1.82) is 0 Å². The zero-order chi connectivity index (χ0) is 34.9. The fourth-order valence-electron chi connectivity index (χ4n) is 7.68. The Morgan fingerprint density at radius 2 is 1.02 bits per heavy atom. The summed E-state index contributed by atoms with van der Waals surface area (Å²) in [6, 6.07) is 59.0. The first-order valence-electron chi connectivity index (χ1n) is 17.6. The largest absolute Gasteiger partial charge is 0.309 e. The van der Waals surface area contributed by atoms with Gasteiger partial charge in [-0.1, -0.05) is 121 Å². The van der Waals surface area contributed by atoms with Crippen LogP contribution in [0, 0.1) is 0 Å². The Morgan fingerprint density at radius 3 is 1.83 bits per heavy atom. The summed E-state index contributed by atoms with van der Waals surface area (Å²) in [7, 11) is 0. The Hall–Kier alpha value is -6.96. The van der Waals surface area contributed by atoms with Crippen LogP contribution in [0.15, 0.2) is 170 Å². The van der Waals surface area contributed by atoms with E-state index in [2.05, 4.69) is 155 Å². The average molecular weight is 697 g/mol. The van der Waals surface area contributed by atoms with Crippen LogP contribution < -0.4 is 0 Å². The standard InChI is InChI=1S/C46H28N6S/c1-3-14-29(15-4-1)43-48-44(30-26-27-39-35(28-30)32-18-7-10-22-37(32)51(39)31-16-5-2-6-17-31)50-45(49-43)34-20-13-24-40-42(34)33-19-8-11-23-38(33)52(40)46-47-36-21-9-12-25-41(36)53-46/h1-28H. The maximum atomic E-state index is 5.27. The lowest BCUT2D eigenvalue weighted by Crippen LogP contribution is -2.00. The highest BCUT2D eigenvalue weighted by atomic mass is 32.1. The molecule has 11 rings (SSSR count). The predicted octanol–water partition coefficient (Wildman–Crippen LogP) is 11.7. The number of thiazole rings is 1. The number of hydrogen-bond donors (Lipinski definition) is 0. The molecule has 0 fully saturated rings. The van der Waals surface area contributed by atoms with Gasteiger partial charge in [0.15, 0.2) is 22.6 Å². The van der Waals surface area contributed by atoms with Crippen molar-refractivity contribution < 1.29 is 0 Å². The first kappa shape index (κ1) is 29.7. The molecule has 0 radical (unpaired) electrons. The van der Waals surface area contributed by atoms with Crippen molar-refractivity contribution in [2.24, 2.45) is 0 Å². The third kappa shape index (κ3) is 4.71. The highest BCUT2D eigenvalue weighted by Gasteiger charge is 2.21. The molecule has 0 amide bonds. The van der Waals surface area contributed by atoms with Crippen molar-refractivity contribution in [2.45, 2.75) is 0 Å². The number of rotatable bonds is 5. The number of fused-ring (bicyclic) bond motifs is 7. The van der Waals surface area contributed by atoms with Gasteiger partial charge in [0.2, 0.25) is 0 Å². The van der Waals surface area contributed by atoms with Gasteiger partial charge in [-0.15, -0.1) is 0 Å². The Bertz CT molecular complexity index is 3140. The zero-order valence-corrected chi connectivity index (χ0v) is 29.1. The van der Waals surface area contributed by atoms with E-state index in [1.807, 2.05) is 24.3 Å². The number of hydrogen-bond acceptors (Lipinski definition) is 5. The van der Waals surface area contributed by atoms with Crippen LogP contribution in [0.3, 0.4) is 0 Å². The van der Waals surface area contributed by atoms with E-state index in [0.29, 0.717) is 17.5 Å². The van der Waals surface area contributed by atoms with Crippen LogP contribution in [0.5, 0.6) is 0 Å². The van der Waals surface area contributed by atoms with Crippen molar-refractivity contribution in [2.75, 3.05) is 0 Å². The Kier molecular flexibility index (Phi) is 6.62. The van der Waals surface area contributed by atoms with Gasteiger partial charge in [0.05, 0.1) is 32.3 Å². The van der Waals surface area contributed by atoms with Gasteiger partial charge >= 0.3 is 0 Å². The van der Waals surface area contributed by atoms with E-state index in [-0.39, 0.29) is 0 Å². The second-order valence-electron chi connectivity index (χ2n) is 13.1. The summed E-state index contributed by atoms with van der Waals surface area (Å²) in [5.74, 6) is 1.88. The summed E-state index contributed by atoms with van der Waals surface area (Å²) in [6.45, 7) is 0. The van der Waals surface area contributed by atoms with Gasteiger partial charge < -0.3 is 4.57 Å². The molecule has 0 saturated heterocycles. The van der Waals surface area contributed by atoms with Gasteiger partial charge in [0, 0.05) is 43.9 Å². The van der Waals surface area contributed by atoms with Crippen LogP contribution in [-0.2, 0) is 0 Å². The first-order chi connectivity index (χ1) is 26.3. The number of aromatic nitrogens is 6. The summed E-state index contributed by atoms with van der Waals surface area (Å²) < 4.78 is 5.75. The summed E-state index contributed by atoms with van der Waals surface area (Å²) in [4.78, 5) is 20.7. The highest BCUT2D eigenvalue weighted by molar-refractivity contribution is 7.20. The maximum absolute atomic E-state index is 5.27. The molecule has 4 aromatic heterocycles. The zero-order valence-electron chi connectivity index (χ0n) is 28.3. The molecule has 4 heterocycles. The molecule has 53 heavy (non-hydrogen) atoms. The van der Waals surface area contributed by atoms with E-state index in [0.717, 1.165) is 76.0 Å². The van der Waals surface area contributed by atoms with Gasteiger partial charge in [-0.2, -0.15) is 0 Å². The lowest BCUT2D eigenvalue weighted by atomic mass is 10.0. The van der Waals surface area contributed by atoms with Crippen LogP contribution in [0.2, 0.25) is 0 Å². The quantitative estimate of drug-likeness (QED) is 0.180. The van der Waals surface area contributed by atoms with Crippen molar-refractivity contribution in [3.8, 4) is 45.0 Å². The smallest absolute Gasteiger partial charge is 0.195 e. The molecular formula is C46H28N6S. The van der Waals surface area contributed by atoms with E-state index >= 15 is 0 Å². The molecule has 0 bridgehead atoms. The Morgan fingerprint density at radius 1 is 0.396 bits per heavy atom. The number of para-hydroxylation sites is 4. The fourth-order valence-corrected chi connectivity index (χ4v) is 8.67. The predicted molar refractivity (Wildman–Crippen MR) is 218 cm³/mol. The van der Waals surface area contributed by atoms with Crippen molar-refractivity contribution in [1.82, 2.24) is 29.1 Å². The minimum atomic E-state index is 0.624. The number of benzene rings is 7. The van der Waals surface area contributed by atoms with Gasteiger partial charge in [-0.3, -0.25) is 4.57 Å². The summed E-state index contributed by atoms with van der Waals surface area (Å²) >= 11 is 1.70. The molecule has 248 valence electrons. The van der Waals surface area contributed by atoms with E-state index in [4.69, 9.17) is 19.9 Å². The molecule has 0 N–H and O–H groups in total. The van der Waals surface area contributed by atoms with Gasteiger partial charge in [-0.25, -0.2) is 19.9 Å². The van der Waals surface area contributed by atoms with Gasteiger partial charge in [0.25, 0.3) is 0 Å². The third-order valence-corrected chi connectivity index (χ3v) is 11.0. The van der Waals surface area contributed by atoms with E-state index in [9.17, 15) is 0 Å². The molecule has 0 unspecified atom stereocenters. The molecular weight excluding hydrogens is 669 g/mol. The van der Waals surface area contributed by atoms with Crippen molar-refractivity contribution in [3.05, 3.63) is 170 Å². The normalized spacial score (nSPS) is 11.8. The lowest BCUT2D eigenvalue weighted by Gasteiger charge is -2.10. The molecule has 6 nitrogen and oxygen atoms in total. The molecule has 11 aromatic rings. The van der Waals surface area contributed by atoms with Gasteiger partial charge in [-0.05, 0) is 60.7 Å². The summed E-state index contributed by atoms with van der Waals surface area (Å²) in [5.41, 5.74) is 9.36.